The highest BCUT2D eigenvalue weighted by Crippen LogP contribution is 2.24. The van der Waals surface area contributed by atoms with Crippen molar-refractivity contribution >= 4 is 11.7 Å². The van der Waals surface area contributed by atoms with Gasteiger partial charge in [0.1, 0.15) is 5.75 Å². The zero-order valence-corrected chi connectivity index (χ0v) is 11.0. The molecule has 0 aliphatic carbocycles. The van der Waals surface area contributed by atoms with E-state index in [2.05, 4.69) is 17.4 Å². The summed E-state index contributed by atoms with van der Waals surface area (Å²) in [7, 11) is 0. The molecule has 4 heteroatoms. The van der Waals surface area contributed by atoms with Gasteiger partial charge in [0.25, 0.3) is 0 Å². The lowest BCUT2D eigenvalue weighted by Crippen LogP contribution is -2.35. The standard InChI is InChI=1S/C16H16N2O2/c19-15-8-6-13(7-9-15)18-14(11-17-16(18)20)10-12-4-2-1-3-5-12/h1-9,14,19H,10-11H2,(H,17,20). The maximum atomic E-state index is 12.0. The Hall–Kier alpha value is -2.49. The van der Waals surface area contributed by atoms with Crippen LogP contribution in [0.25, 0.3) is 0 Å². The van der Waals surface area contributed by atoms with Gasteiger partial charge >= 0.3 is 6.03 Å². The van der Waals surface area contributed by atoms with Crippen LogP contribution in [-0.2, 0) is 6.42 Å². The number of nitrogens with zero attached hydrogens (tertiary/aromatic N) is 1. The van der Waals surface area contributed by atoms with Gasteiger partial charge in [-0.2, -0.15) is 0 Å². The first kappa shape index (κ1) is 12.5. The fourth-order valence-electron chi connectivity index (χ4n) is 2.54. The summed E-state index contributed by atoms with van der Waals surface area (Å²) in [6, 6.07) is 16.9. The molecule has 2 amide bonds. The molecule has 2 aromatic carbocycles. The molecule has 4 nitrogen and oxygen atoms in total. The Labute approximate surface area is 117 Å². The normalized spacial score (nSPS) is 18.1. The molecular formula is C16H16N2O2. The number of nitrogens with one attached hydrogen (secondary N) is 1. The van der Waals surface area contributed by atoms with Gasteiger partial charge in [-0.25, -0.2) is 4.79 Å². The van der Waals surface area contributed by atoms with E-state index < -0.39 is 0 Å². The van der Waals surface area contributed by atoms with Crippen molar-refractivity contribution in [3.8, 4) is 5.75 Å². The second-order valence-corrected chi connectivity index (χ2v) is 4.92. The van der Waals surface area contributed by atoms with Crippen molar-refractivity contribution in [3.63, 3.8) is 0 Å². The molecule has 0 aromatic heterocycles. The Kier molecular flexibility index (Phi) is 3.29. The molecule has 1 heterocycles. The second-order valence-electron chi connectivity index (χ2n) is 4.92. The molecule has 1 saturated heterocycles. The Morgan fingerprint density at radius 3 is 2.50 bits per heavy atom. The van der Waals surface area contributed by atoms with Crippen molar-refractivity contribution in [2.75, 3.05) is 11.4 Å². The Morgan fingerprint density at radius 2 is 1.80 bits per heavy atom. The lowest BCUT2D eigenvalue weighted by atomic mass is 10.1. The zero-order valence-electron chi connectivity index (χ0n) is 11.0. The summed E-state index contributed by atoms with van der Waals surface area (Å²) in [6.07, 6.45) is 0.806. The minimum Gasteiger partial charge on any atom is -0.508 e. The zero-order chi connectivity index (χ0) is 13.9. The van der Waals surface area contributed by atoms with E-state index in [0.29, 0.717) is 6.54 Å². The maximum absolute atomic E-state index is 12.0. The predicted molar refractivity (Wildman–Crippen MR) is 77.9 cm³/mol. The average Bonchev–Trinajstić information content (AvgIpc) is 2.82. The highest BCUT2D eigenvalue weighted by Gasteiger charge is 2.31. The molecular weight excluding hydrogens is 252 g/mol. The van der Waals surface area contributed by atoms with E-state index in [4.69, 9.17) is 0 Å². The number of amides is 2. The first-order chi connectivity index (χ1) is 9.74. The smallest absolute Gasteiger partial charge is 0.322 e. The molecule has 0 spiro atoms. The van der Waals surface area contributed by atoms with Gasteiger partial charge in [-0.3, -0.25) is 4.90 Å². The van der Waals surface area contributed by atoms with Crippen LogP contribution in [0.1, 0.15) is 5.56 Å². The minimum absolute atomic E-state index is 0.0865. The predicted octanol–water partition coefficient (Wildman–Crippen LogP) is 2.53. The molecule has 1 aliphatic rings. The molecule has 2 N–H and O–H groups in total. The second kappa shape index (κ2) is 5.25. The Balaban J connectivity index is 1.83. The van der Waals surface area contributed by atoms with Crippen molar-refractivity contribution in [1.82, 2.24) is 5.32 Å². The van der Waals surface area contributed by atoms with Gasteiger partial charge in [-0.15, -0.1) is 0 Å². The van der Waals surface area contributed by atoms with E-state index >= 15 is 0 Å². The molecule has 3 rings (SSSR count). The highest BCUT2D eigenvalue weighted by molar-refractivity contribution is 5.95. The number of anilines is 1. The summed E-state index contributed by atoms with van der Waals surface area (Å²) in [5, 5.41) is 12.2. The summed E-state index contributed by atoms with van der Waals surface area (Å²) in [5.41, 5.74) is 2.01. The van der Waals surface area contributed by atoms with Gasteiger partial charge in [-0.1, -0.05) is 30.3 Å². The molecule has 1 aliphatic heterocycles. The van der Waals surface area contributed by atoms with Crippen LogP contribution in [-0.4, -0.2) is 23.7 Å². The third-order valence-corrected chi connectivity index (χ3v) is 3.51. The molecule has 1 fully saturated rings. The van der Waals surface area contributed by atoms with Crippen LogP contribution in [0.2, 0.25) is 0 Å². The lowest BCUT2D eigenvalue weighted by Gasteiger charge is -2.23. The highest BCUT2D eigenvalue weighted by atomic mass is 16.3. The molecule has 0 bridgehead atoms. The maximum Gasteiger partial charge on any atom is 0.322 e. The molecule has 1 atom stereocenters. The van der Waals surface area contributed by atoms with Gasteiger partial charge in [0, 0.05) is 12.2 Å². The Morgan fingerprint density at radius 1 is 1.10 bits per heavy atom. The van der Waals surface area contributed by atoms with Crippen LogP contribution in [0.3, 0.4) is 0 Å². The molecule has 20 heavy (non-hydrogen) atoms. The van der Waals surface area contributed by atoms with Crippen LogP contribution in [0.5, 0.6) is 5.75 Å². The first-order valence-electron chi connectivity index (χ1n) is 6.64. The fourth-order valence-corrected chi connectivity index (χ4v) is 2.54. The fraction of sp³-hybridized carbons (Fsp3) is 0.188. The number of phenolic OH excluding ortho intramolecular Hbond substituents is 1. The largest absolute Gasteiger partial charge is 0.508 e. The van der Waals surface area contributed by atoms with Crippen molar-refractivity contribution in [3.05, 3.63) is 60.2 Å². The summed E-state index contributed by atoms with van der Waals surface area (Å²) < 4.78 is 0. The molecule has 0 saturated carbocycles. The summed E-state index contributed by atoms with van der Waals surface area (Å²) >= 11 is 0. The van der Waals surface area contributed by atoms with Gasteiger partial charge in [-0.05, 0) is 36.2 Å². The van der Waals surface area contributed by atoms with Gasteiger partial charge < -0.3 is 10.4 Å². The summed E-state index contributed by atoms with van der Waals surface area (Å²) in [6.45, 7) is 0.634. The number of phenols is 1. The number of rotatable bonds is 3. The van der Waals surface area contributed by atoms with E-state index in [0.717, 1.165) is 12.1 Å². The number of carbonyl (C=O) groups is 1. The van der Waals surface area contributed by atoms with Crippen molar-refractivity contribution < 1.29 is 9.90 Å². The van der Waals surface area contributed by atoms with Gasteiger partial charge in [0.15, 0.2) is 0 Å². The number of hydrogen-bond donors (Lipinski definition) is 2. The van der Waals surface area contributed by atoms with Crippen LogP contribution < -0.4 is 10.2 Å². The topological polar surface area (TPSA) is 52.6 Å². The minimum atomic E-state index is -0.0865. The van der Waals surface area contributed by atoms with Crippen LogP contribution in [0.15, 0.2) is 54.6 Å². The monoisotopic (exact) mass is 268 g/mol. The van der Waals surface area contributed by atoms with Crippen LogP contribution in [0.4, 0.5) is 10.5 Å². The number of urea groups is 1. The molecule has 0 radical (unpaired) electrons. The first-order valence-corrected chi connectivity index (χ1v) is 6.64. The lowest BCUT2D eigenvalue weighted by molar-refractivity contribution is 0.251. The number of hydrogen-bond acceptors (Lipinski definition) is 2. The van der Waals surface area contributed by atoms with Crippen LogP contribution in [0, 0.1) is 0 Å². The van der Waals surface area contributed by atoms with Crippen LogP contribution >= 0.6 is 0 Å². The van der Waals surface area contributed by atoms with E-state index in [1.807, 2.05) is 18.2 Å². The van der Waals surface area contributed by atoms with E-state index in [1.165, 1.54) is 5.56 Å². The number of benzene rings is 2. The number of carbonyl (C=O) groups excluding carboxylic acids is 1. The summed E-state index contributed by atoms with van der Waals surface area (Å²) in [4.78, 5) is 13.8. The van der Waals surface area contributed by atoms with Gasteiger partial charge in [0.05, 0.1) is 6.04 Å². The van der Waals surface area contributed by atoms with E-state index in [-0.39, 0.29) is 17.8 Å². The molecule has 1 unspecified atom stereocenters. The van der Waals surface area contributed by atoms with E-state index in [1.54, 1.807) is 29.2 Å². The molecule has 2 aromatic rings. The SMILES string of the molecule is O=C1NCC(Cc2ccccc2)N1c1ccc(O)cc1. The van der Waals surface area contributed by atoms with Gasteiger partial charge in [0.2, 0.25) is 0 Å². The number of aromatic hydroxyl groups is 1. The third kappa shape index (κ3) is 2.45. The quantitative estimate of drug-likeness (QED) is 0.898. The third-order valence-electron chi connectivity index (χ3n) is 3.51. The Bertz CT molecular complexity index is 596. The average molecular weight is 268 g/mol. The van der Waals surface area contributed by atoms with Crippen molar-refractivity contribution in [1.29, 1.82) is 0 Å². The summed E-state index contributed by atoms with van der Waals surface area (Å²) in [5.74, 6) is 0.202. The molecule has 102 valence electrons. The van der Waals surface area contributed by atoms with Crippen molar-refractivity contribution in [2.24, 2.45) is 0 Å². The van der Waals surface area contributed by atoms with E-state index in [9.17, 15) is 9.90 Å². The van der Waals surface area contributed by atoms with Crippen molar-refractivity contribution in [2.45, 2.75) is 12.5 Å².